The first-order chi connectivity index (χ1) is 10.4. The van der Waals surface area contributed by atoms with E-state index in [4.69, 9.17) is 0 Å². The van der Waals surface area contributed by atoms with E-state index in [1.807, 2.05) is 0 Å². The van der Waals surface area contributed by atoms with Gasteiger partial charge in [-0.25, -0.2) is 0 Å². The Balaban J connectivity index is 1.57. The molecule has 2 N–H and O–H groups in total. The molecule has 1 saturated carbocycles. The van der Waals surface area contributed by atoms with Gasteiger partial charge in [-0.3, -0.25) is 4.79 Å². The van der Waals surface area contributed by atoms with E-state index >= 15 is 0 Å². The Labute approximate surface area is 133 Å². The third-order valence-electron chi connectivity index (χ3n) is 5.61. The normalized spacial score (nSPS) is 23.3. The van der Waals surface area contributed by atoms with Gasteiger partial charge in [-0.05, 0) is 50.3 Å². The summed E-state index contributed by atoms with van der Waals surface area (Å²) in [5.74, 6) is 0.519. The summed E-state index contributed by atoms with van der Waals surface area (Å²) in [5.41, 5.74) is 2.86. The van der Waals surface area contributed by atoms with Crippen molar-refractivity contribution in [2.45, 2.75) is 45.4 Å². The van der Waals surface area contributed by atoms with Crippen LogP contribution in [-0.4, -0.2) is 25.5 Å². The number of amides is 1. The first-order valence-electron chi connectivity index (χ1n) is 8.49. The minimum absolute atomic E-state index is 0.0299. The molecule has 1 aromatic rings. The van der Waals surface area contributed by atoms with Crippen LogP contribution >= 0.6 is 0 Å². The van der Waals surface area contributed by atoms with Crippen molar-refractivity contribution in [3.8, 4) is 0 Å². The Morgan fingerprint density at radius 1 is 1.36 bits per heavy atom. The summed E-state index contributed by atoms with van der Waals surface area (Å²) in [6, 6.07) is 8.59. The number of hydrogen-bond acceptors (Lipinski definition) is 2. The van der Waals surface area contributed by atoms with Crippen LogP contribution in [0.1, 0.15) is 44.2 Å². The molecule has 1 aliphatic heterocycles. The van der Waals surface area contributed by atoms with Gasteiger partial charge in [0.1, 0.15) is 0 Å². The van der Waals surface area contributed by atoms with Gasteiger partial charge in [0.2, 0.25) is 5.91 Å². The highest BCUT2D eigenvalue weighted by Crippen LogP contribution is 2.58. The van der Waals surface area contributed by atoms with E-state index in [1.165, 1.54) is 11.1 Å². The van der Waals surface area contributed by atoms with E-state index in [9.17, 15) is 4.79 Å². The molecule has 0 radical (unpaired) electrons. The van der Waals surface area contributed by atoms with Gasteiger partial charge in [0.15, 0.2) is 0 Å². The molecule has 120 valence electrons. The van der Waals surface area contributed by atoms with E-state index in [0.717, 1.165) is 32.4 Å². The monoisotopic (exact) mass is 300 g/mol. The summed E-state index contributed by atoms with van der Waals surface area (Å²) in [4.78, 5) is 12.5. The van der Waals surface area contributed by atoms with Gasteiger partial charge in [0, 0.05) is 17.9 Å². The highest BCUT2D eigenvalue weighted by Gasteiger charge is 2.57. The molecule has 1 amide bonds. The van der Waals surface area contributed by atoms with Crippen molar-refractivity contribution in [2.75, 3.05) is 19.6 Å². The number of benzene rings is 1. The van der Waals surface area contributed by atoms with Gasteiger partial charge in [0.25, 0.3) is 0 Å². The van der Waals surface area contributed by atoms with E-state index < -0.39 is 0 Å². The number of carbonyl (C=O) groups excluding carboxylic acids is 1. The topological polar surface area (TPSA) is 41.1 Å². The molecule has 22 heavy (non-hydrogen) atoms. The van der Waals surface area contributed by atoms with Crippen LogP contribution in [0.4, 0.5) is 0 Å². The smallest absolute Gasteiger partial charge is 0.223 e. The fourth-order valence-corrected chi connectivity index (χ4v) is 3.80. The highest BCUT2D eigenvalue weighted by atomic mass is 16.2. The zero-order valence-corrected chi connectivity index (χ0v) is 14.0. The molecule has 1 saturated heterocycles. The number of carbonyl (C=O) groups is 1. The van der Waals surface area contributed by atoms with Gasteiger partial charge in [-0.2, -0.15) is 0 Å². The average molecular weight is 300 g/mol. The van der Waals surface area contributed by atoms with E-state index in [0.29, 0.717) is 12.0 Å². The Morgan fingerprint density at radius 3 is 2.77 bits per heavy atom. The lowest BCUT2D eigenvalue weighted by atomic mass is 9.83. The third-order valence-corrected chi connectivity index (χ3v) is 5.61. The summed E-state index contributed by atoms with van der Waals surface area (Å²) < 4.78 is 0. The summed E-state index contributed by atoms with van der Waals surface area (Å²) in [7, 11) is 0. The maximum atomic E-state index is 12.5. The van der Waals surface area contributed by atoms with Gasteiger partial charge in [-0.1, -0.05) is 43.7 Å². The van der Waals surface area contributed by atoms with Crippen LogP contribution < -0.4 is 10.6 Å². The third kappa shape index (κ3) is 3.05. The van der Waals surface area contributed by atoms with Crippen molar-refractivity contribution in [1.29, 1.82) is 0 Å². The van der Waals surface area contributed by atoms with Gasteiger partial charge >= 0.3 is 0 Å². The largest absolute Gasteiger partial charge is 0.355 e. The van der Waals surface area contributed by atoms with Gasteiger partial charge in [0.05, 0.1) is 0 Å². The van der Waals surface area contributed by atoms with E-state index in [2.05, 4.69) is 55.7 Å². The molecule has 3 rings (SSSR count). The SMILES string of the molecule is Cc1cccc(C(C)(C)CNC(=O)C2CC23CCNCC3)c1. The van der Waals surface area contributed by atoms with Crippen molar-refractivity contribution < 1.29 is 4.79 Å². The van der Waals surface area contributed by atoms with Crippen molar-refractivity contribution >= 4 is 5.91 Å². The van der Waals surface area contributed by atoms with Crippen LogP contribution in [0.5, 0.6) is 0 Å². The highest BCUT2D eigenvalue weighted by molar-refractivity contribution is 5.82. The Hall–Kier alpha value is -1.35. The number of rotatable bonds is 4. The average Bonchev–Trinajstić information content (AvgIpc) is 3.19. The van der Waals surface area contributed by atoms with Crippen LogP contribution in [-0.2, 0) is 10.2 Å². The molecule has 1 aromatic carbocycles. The quantitative estimate of drug-likeness (QED) is 0.898. The molecule has 1 atom stereocenters. The second-order valence-corrected chi connectivity index (χ2v) is 7.84. The molecule has 1 heterocycles. The molecule has 0 bridgehead atoms. The number of piperidine rings is 1. The van der Waals surface area contributed by atoms with Crippen molar-refractivity contribution in [1.82, 2.24) is 10.6 Å². The fraction of sp³-hybridized carbons (Fsp3) is 0.632. The summed E-state index contributed by atoms with van der Waals surface area (Å²) in [6.07, 6.45) is 3.41. The van der Waals surface area contributed by atoms with E-state index in [-0.39, 0.29) is 17.2 Å². The zero-order chi connectivity index (χ0) is 15.8. The Kier molecular flexibility index (Phi) is 4.02. The minimum Gasteiger partial charge on any atom is -0.355 e. The number of nitrogens with one attached hydrogen (secondary N) is 2. The standard InChI is InChI=1S/C19H28N2O/c1-14-5-4-6-15(11-14)18(2,3)13-21-17(22)16-12-19(16)7-9-20-10-8-19/h4-6,11,16,20H,7-10,12-13H2,1-3H3,(H,21,22). The molecule has 1 spiro atoms. The molecule has 1 unspecified atom stereocenters. The molecular formula is C19H28N2O. The Bertz CT molecular complexity index is 558. The lowest BCUT2D eigenvalue weighted by Gasteiger charge is -2.27. The predicted molar refractivity (Wildman–Crippen MR) is 89.9 cm³/mol. The van der Waals surface area contributed by atoms with Crippen LogP contribution in [0.3, 0.4) is 0 Å². The van der Waals surface area contributed by atoms with Crippen LogP contribution in [0.15, 0.2) is 24.3 Å². The van der Waals surface area contributed by atoms with Crippen LogP contribution in [0.25, 0.3) is 0 Å². The summed E-state index contributed by atoms with van der Waals surface area (Å²) in [6.45, 7) is 9.37. The summed E-state index contributed by atoms with van der Waals surface area (Å²) >= 11 is 0. The number of hydrogen-bond donors (Lipinski definition) is 2. The lowest BCUT2D eigenvalue weighted by Crippen LogP contribution is -2.39. The van der Waals surface area contributed by atoms with Crippen molar-refractivity contribution in [3.05, 3.63) is 35.4 Å². The maximum Gasteiger partial charge on any atom is 0.223 e. The second-order valence-electron chi connectivity index (χ2n) is 7.84. The molecular weight excluding hydrogens is 272 g/mol. The minimum atomic E-state index is -0.0299. The second kappa shape index (κ2) is 5.69. The first-order valence-corrected chi connectivity index (χ1v) is 8.49. The molecule has 2 aliphatic rings. The van der Waals surface area contributed by atoms with Crippen molar-refractivity contribution in [2.24, 2.45) is 11.3 Å². The molecule has 3 nitrogen and oxygen atoms in total. The molecule has 2 fully saturated rings. The predicted octanol–water partition coefficient (Wildman–Crippen LogP) is 2.78. The zero-order valence-electron chi connectivity index (χ0n) is 14.0. The fourth-order valence-electron chi connectivity index (χ4n) is 3.80. The number of aryl methyl sites for hydroxylation is 1. The molecule has 0 aromatic heterocycles. The van der Waals surface area contributed by atoms with Crippen LogP contribution in [0.2, 0.25) is 0 Å². The maximum absolute atomic E-state index is 12.5. The first kappa shape index (κ1) is 15.5. The van der Waals surface area contributed by atoms with Gasteiger partial charge in [-0.15, -0.1) is 0 Å². The van der Waals surface area contributed by atoms with Crippen molar-refractivity contribution in [3.63, 3.8) is 0 Å². The lowest BCUT2D eigenvalue weighted by molar-refractivity contribution is -0.123. The van der Waals surface area contributed by atoms with Gasteiger partial charge < -0.3 is 10.6 Å². The summed E-state index contributed by atoms with van der Waals surface area (Å²) in [5, 5.41) is 6.61. The van der Waals surface area contributed by atoms with E-state index in [1.54, 1.807) is 0 Å². The molecule has 3 heteroatoms. The van der Waals surface area contributed by atoms with Crippen LogP contribution in [0, 0.1) is 18.3 Å². The molecule has 1 aliphatic carbocycles. The Morgan fingerprint density at radius 2 is 2.09 bits per heavy atom.